The minimum atomic E-state index is -4.35. The van der Waals surface area contributed by atoms with Crippen LogP contribution >= 0.6 is 0 Å². The first-order valence-corrected chi connectivity index (χ1v) is 10.8. The molecule has 33 heavy (non-hydrogen) atoms. The number of benzene rings is 2. The third-order valence-corrected chi connectivity index (χ3v) is 5.97. The third-order valence-electron chi connectivity index (χ3n) is 5.97. The largest absolute Gasteiger partial charge is 0.416 e. The molecule has 9 heteroatoms. The van der Waals surface area contributed by atoms with Crippen molar-refractivity contribution in [1.29, 1.82) is 0 Å². The Balaban J connectivity index is 1.32. The van der Waals surface area contributed by atoms with Crippen LogP contribution < -0.4 is 10.9 Å². The van der Waals surface area contributed by atoms with E-state index in [0.717, 1.165) is 6.07 Å². The molecule has 174 valence electrons. The Kier molecular flexibility index (Phi) is 6.51. The van der Waals surface area contributed by atoms with E-state index in [1.54, 1.807) is 31.2 Å². The number of aryl methyl sites for hydroxylation is 1. The molecule has 0 saturated carbocycles. The first kappa shape index (κ1) is 23.0. The van der Waals surface area contributed by atoms with E-state index < -0.39 is 11.7 Å². The lowest BCUT2D eigenvalue weighted by Crippen LogP contribution is -2.46. The molecule has 0 aliphatic carbocycles. The van der Waals surface area contributed by atoms with E-state index in [1.165, 1.54) is 16.7 Å². The van der Waals surface area contributed by atoms with Crippen LogP contribution in [0.4, 0.5) is 13.2 Å². The van der Waals surface area contributed by atoms with Crippen molar-refractivity contribution in [1.82, 2.24) is 19.8 Å². The van der Waals surface area contributed by atoms with Crippen molar-refractivity contribution in [2.45, 2.75) is 45.1 Å². The van der Waals surface area contributed by atoms with Crippen molar-refractivity contribution in [3.05, 3.63) is 75.8 Å². The lowest BCUT2D eigenvalue weighted by Gasteiger charge is -2.32. The Morgan fingerprint density at radius 3 is 2.58 bits per heavy atom. The fourth-order valence-electron chi connectivity index (χ4n) is 4.22. The van der Waals surface area contributed by atoms with Gasteiger partial charge in [0.25, 0.3) is 5.56 Å². The fourth-order valence-corrected chi connectivity index (χ4v) is 4.22. The zero-order chi connectivity index (χ0) is 23.6. The van der Waals surface area contributed by atoms with Gasteiger partial charge in [0.05, 0.1) is 16.5 Å². The van der Waals surface area contributed by atoms with E-state index in [-0.39, 0.29) is 24.1 Å². The van der Waals surface area contributed by atoms with Crippen LogP contribution in [0.15, 0.2) is 53.3 Å². The number of aromatic nitrogens is 2. The highest BCUT2D eigenvalue weighted by molar-refractivity contribution is 5.79. The minimum absolute atomic E-state index is 0.0420. The van der Waals surface area contributed by atoms with Crippen LogP contribution in [0.3, 0.4) is 0 Å². The maximum Gasteiger partial charge on any atom is 0.416 e. The van der Waals surface area contributed by atoms with Gasteiger partial charge in [-0.25, -0.2) is 4.98 Å². The van der Waals surface area contributed by atoms with Gasteiger partial charge in [0, 0.05) is 25.7 Å². The second-order valence-electron chi connectivity index (χ2n) is 8.38. The quantitative estimate of drug-likeness (QED) is 0.636. The molecular weight excluding hydrogens is 433 g/mol. The Labute approximate surface area is 189 Å². The van der Waals surface area contributed by atoms with Crippen molar-refractivity contribution in [2.75, 3.05) is 13.1 Å². The van der Waals surface area contributed by atoms with Crippen LogP contribution in [-0.2, 0) is 24.1 Å². The summed E-state index contributed by atoms with van der Waals surface area (Å²) in [7, 11) is 0. The highest BCUT2D eigenvalue weighted by atomic mass is 19.4. The average Bonchev–Trinajstić information content (AvgIpc) is 2.78. The maximum absolute atomic E-state index is 12.9. The smallest absolute Gasteiger partial charge is 0.352 e. The van der Waals surface area contributed by atoms with Crippen LogP contribution in [0, 0.1) is 6.92 Å². The molecule has 4 rings (SSSR count). The summed E-state index contributed by atoms with van der Waals surface area (Å²) in [5.41, 5.74) is 0.329. The highest BCUT2D eigenvalue weighted by Crippen LogP contribution is 2.30. The number of nitrogens with one attached hydrogen (secondary N) is 1. The first-order valence-electron chi connectivity index (χ1n) is 10.8. The SMILES string of the molecule is Cc1nc2ccccc2c(=O)n1CC(=O)NC1CCN(Cc2cccc(C(F)(F)F)c2)CC1. The molecule has 1 aliphatic rings. The summed E-state index contributed by atoms with van der Waals surface area (Å²) in [6.45, 7) is 3.36. The van der Waals surface area contributed by atoms with Gasteiger partial charge in [-0.1, -0.05) is 30.3 Å². The number of para-hydroxylation sites is 1. The van der Waals surface area contributed by atoms with Gasteiger partial charge in [-0.15, -0.1) is 0 Å². The summed E-state index contributed by atoms with van der Waals surface area (Å²) in [6.07, 6.45) is -2.97. The number of carbonyl (C=O) groups excluding carboxylic acids is 1. The number of alkyl halides is 3. The van der Waals surface area contributed by atoms with Gasteiger partial charge in [0.1, 0.15) is 12.4 Å². The van der Waals surface area contributed by atoms with E-state index in [9.17, 15) is 22.8 Å². The Bertz CT molecular complexity index is 1210. The fraction of sp³-hybridized carbons (Fsp3) is 0.375. The number of nitrogens with zero attached hydrogens (tertiary/aromatic N) is 3. The number of rotatable bonds is 5. The zero-order valence-corrected chi connectivity index (χ0v) is 18.2. The predicted molar refractivity (Wildman–Crippen MR) is 119 cm³/mol. The molecule has 0 atom stereocenters. The Morgan fingerprint density at radius 1 is 1.12 bits per heavy atom. The van der Waals surface area contributed by atoms with Gasteiger partial charge < -0.3 is 5.32 Å². The van der Waals surface area contributed by atoms with Crippen molar-refractivity contribution >= 4 is 16.8 Å². The summed E-state index contributed by atoms with van der Waals surface area (Å²) >= 11 is 0. The molecule has 1 N–H and O–H groups in total. The second kappa shape index (κ2) is 9.35. The molecule has 0 bridgehead atoms. The van der Waals surface area contributed by atoms with Crippen molar-refractivity contribution < 1.29 is 18.0 Å². The Hall–Kier alpha value is -3.20. The van der Waals surface area contributed by atoms with Gasteiger partial charge >= 0.3 is 6.18 Å². The lowest BCUT2D eigenvalue weighted by molar-refractivity contribution is -0.137. The molecule has 1 saturated heterocycles. The summed E-state index contributed by atoms with van der Waals surface area (Å²) in [5, 5.41) is 3.45. The lowest BCUT2D eigenvalue weighted by atomic mass is 10.0. The molecule has 6 nitrogen and oxygen atoms in total. The molecule has 2 heterocycles. The van der Waals surface area contributed by atoms with Crippen molar-refractivity contribution in [3.63, 3.8) is 0 Å². The van der Waals surface area contributed by atoms with Crippen molar-refractivity contribution in [2.24, 2.45) is 0 Å². The van der Waals surface area contributed by atoms with E-state index >= 15 is 0 Å². The van der Waals surface area contributed by atoms with Gasteiger partial charge in [-0.05, 0) is 43.5 Å². The first-order chi connectivity index (χ1) is 15.7. The number of hydrogen-bond donors (Lipinski definition) is 1. The number of piperidine rings is 1. The standard InChI is InChI=1S/C24H25F3N4O2/c1-16-28-21-8-3-2-7-20(21)23(33)31(16)15-22(32)29-19-9-11-30(12-10-19)14-17-5-4-6-18(13-17)24(25,26)27/h2-8,13,19H,9-12,14-15H2,1H3,(H,29,32). The minimum Gasteiger partial charge on any atom is -0.352 e. The van der Waals surface area contributed by atoms with Gasteiger partial charge in [-0.3, -0.25) is 19.1 Å². The third kappa shape index (κ3) is 5.42. The van der Waals surface area contributed by atoms with Crippen molar-refractivity contribution in [3.8, 4) is 0 Å². The summed E-state index contributed by atoms with van der Waals surface area (Å²) in [5.74, 6) is 0.221. The molecule has 1 aliphatic heterocycles. The van der Waals surface area contributed by atoms with Crippen LogP contribution in [0.1, 0.15) is 29.8 Å². The molecule has 1 aromatic heterocycles. The topological polar surface area (TPSA) is 67.2 Å². The van der Waals surface area contributed by atoms with Gasteiger partial charge in [-0.2, -0.15) is 13.2 Å². The van der Waals surface area contributed by atoms with Crippen LogP contribution in [-0.4, -0.2) is 39.5 Å². The molecule has 1 fully saturated rings. The zero-order valence-electron chi connectivity index (χ0n) is 18.2. The second-order valence-corrected chi connectivity index (χ2v) is 8.38. The molecule has 3 aromatic rings. The summed E-state index contributed by atoms with van der Waals surface area (Å²) in [6, 6.07) is 12.4. The molecule has 1 amide bonds. The Morgan fingerprint density at radius 2 is 1.85 bits per heavy atom. The van der Waals surface area contributed by atoms with Gasteiger partial charge in [0.2, 0.25) is 5.91 Å². The molecule has 0 radical (unpaired) electrons. The van der Waals surface area contributed by atoms with Crippen LogP contribution in [0.2, 0.25) is 0 Å². The number of fused-ring (bicyclic) bond motifs is 1. The maximum atomic E-state index is 12.9. The molecule has 0 unspecified atom stereocenters. The summed E-state index contributed by atoms with van der Waals surface area (Å²) < 4.78 is 40.1. The number of amides is 1. The number of hydrogen-bond acceptors (Lipinski definition) is 4. The molecule has 0 spiro atoms. The molecule has 2 aromatic carbocycles. The van der Waals surface area contributed by atoms with E-state index in [1.807, 2.05) is 6.07 Å². The predicted octanol–water partition coefficient (Wildman–Crippen LogP) is 3.50. The summed E-state index contributed by atoms with van der Waals surface area (Å²) in [4.78, 5) is 31.8. The van der Waals surface area contributed by atoms with Gasteiger partial charge in [0.15, 0.2) is 0 Å². The number of likely N-dealkylation sites (tertiary alicyclic amines) is 1. The van der Waals surface area contributed by atoms with Crippen LogP contribution in [0.25, 0.3) is 10.9 Å². The normalized spacial score (nSPS) is 15.6. The monoisotopic (exact) mass is 458 g/mol. The number of carbonyl (C=O) groups is 1. The van der Waals surface area contributed by atoms with E-state index in [2.05, 4.69) is 15.2 Å². The number of halogens is 3. The highest BCUT2D eigenvalue weighted by Gasteiger charge is 2.30. The van der Waals surface area contributed by atoms with E-state index in [4.69, 9.17) is 0 Å². The van der Waals surface area contributed by atoms with Crippen LogP contribution in [0.5, 0.6) is 0 Å². The average molecular weight is 458 g/mol. The van der Waals surface area contributed by atoms with E-state index in [0.29, 0.717) is 54.8 Å². The molecular formula is C24H25F3N4O2.